The predicted octanol–water partition coefficient (Wildman–Crippen LogP) is 6.44. The standard InChI is InChI=1S/C27H28ClN3O3S/c1-27(2,3)16-34-24-18(7-6-8-21(24)32)11-14-20-23(17-9-12-19(13-10-17)30(4)5)25(33)31-15-22(28)35-26(31)29-20/h6-15,32H,16H2,1-5H3/b14-11+. The number of phenolic OH excluding ortho intramolecular Hbond substituents is 1. The molecule has 6 nitrogen and oxygen atoms in total. The smallest absolute Gasteiger partial charge is 0.267 e. The van der Waals surface area contributed by atoms with Crippen LogP contribution in [0.25, 0.3) is 28.2 Å². The van der Waals surface area contributed by atoms with Crippen LogP contribution in [0.1, 0.15) is 32.0 Å². The van der Waals surface area contributed by atoms with Gasteiger partial charge in [0.1, 0.15) is 4.34 Å². The van der Waals surface area contributed by atoms with E-state index in [9.17, 15) is 9.90 Å². The van der Waals surface area contributed by atoms with E-state index < -0.39 is 0 Å². The molecule has 4 rings (SSSR count). The van der Waals surface area contributed by atoms with Crippen LogP contribution in [0, 0.1) is 5.41 Å². The molecular weight excluding hydrogens is 482 g/mol. The maximum absolute atomic E-state index is 13.5. The molecule has 182 valence electrons. The molecule has 0 aliphatic carbocycles. The maximum Gasteiger partial charge on any atom is 0.267 e. The molecular formula is C27H28ClN3O3S. The summed E-state index contributed by atoms with van der Waals surface area (Å²) in [5.41, 5.74) is 3.18. The molecule has 2 aromatic carbocycles. The van der Waals surface area contributed by atoms with Crippen molar-refractivity contribution in [1.29, 1.82) is 0 Å². The number of hydrogen-bond acceptors (Lipinski definition) is 6. The van der Waals surface area contributed by atoms with E-state index in [1.54, 1.807) is 24.4 Å². The summed E-state index contributed by atoms with van der Waals surface area (Å²) in [6.45, 7) is 6.63. The van der Waals surface area contributed by atoms with Gasteiger partial charge in [-0.15, -0.1) is 0 Å². The van der Waals surface area contributed by atoms with Gasteiger partial charge in [0.05, 0.1) is 17.9 Å². The zero-order chi connectivity index (χ0) is 25.3. The first-order chi connectivity index (χ1) is 16.5. The van der Waals surface area contributed by atoms with Gasteiger partial charge in [0, 0.05) is 31.5 Å². The van der Waals surface area contributed by atoms with E-state index in [0.29, 0.717) is 38.5 Å². The molecule has 0 fully saturated rings. The van der Waals surface area contributed by atoms with Gasteiger partial charge in [0.25, 0.3) is 5.56 Å². The Balaban J connectivity index is 1.83. The number of aromatic hydroxyl groups is 1. The monoisotopic (exact) mass is 509 g/mol. The van der Waals surface area contributed by atoms with Crippen LogP contribution in [0.5, 0.6) is 11.5 Å². The van der Waals surface area contributed by atoms with Crippen molar-refractivity contribution in [2.75, 3.05) is 25.6 Å². The zero-order valence-corrected chi connectivity index (χ0v) is 21.9. The number of halogens is 1. The van der Waals surface area contributed by atoms with Crippen LogP contribution in [0.2, 0.25) is 4.34 Å². The highest BCUT2D eigenvalue weighted by Crippen LogP contribution is 2.34. The SMILES string of the molecule is CN(C)c1ccc(-c2c(/C=C/c3cccc(O)c3OCC(C)(C)C)nc3sc(Cl)cn3c2=O)cc1. The minimum absolute atomic E-state index is 0.0596. The molecule has 0 aliphatic heterocycles. The first kappa shape index (κ1) is 24.8. The van der Waals surface area contributed by atoms with Gasteiger partial charge >= 0.3 is 0 Å². The lowest BCUT2D eigenvalue weighted by Crippen LogP contribution is -2.17. The molecule has 1 N–H and O–H groups in total. The number of para-hydroxylation sites is 1. The van der Waals surface area contributed by atoms with Gasteiger partial charge in [0.15, 0.2) is 16.5 Å². The van der Waals surface area contributed by atoms with Gasteiger partial charge < -0.3 is 14.7 Å². The number of aromatic nitrogens is 2. The van der Waals surface area contributed by atoms with Gasteiger partial charge in [-0.2, -0.15) is 0 Å². The molecule has 2 aromatic heterocycles. The summed E-state index contributed by atoms with van der Waals surface area (Å²) in [5, 5.41) is 10.4. The number of fused-ring (bicyclic) bond motifs is 1. The highest BCUT2D eigenvalue weighted by atomic mass is 35.5. The van der Waals surface area contributed by atoms with Crippen molar-refractivity contribution < 1.29 is 9.84 Å². The van der Waals surface area contributed by atoms with E-state index >= 15 is 0 Å². The summed E-state index contributed by atoms with van der Waals surface area (Å²) in [5.74, 6) is 0.456. The van der Waals surface area contributed by atoms with Crippen molar-refractivity contribution in [3.63, 3.8) is 0 Å². The van der Waals surface area contributed by atoms with Crippen molar-refractivity contribution in [3.05, 3.63) is 74.6 Å². The number of thiazole rings is 1. The zero-order valence-electron chi connectivity index (χ0n) is 20.4. The Morgan fingerprint density at radius 1 is 1.14 bits per heavy atom. The Morgan fingerprint density at radius 2 is 1.86 bits per heavy atom. The van der Waals surface area contributed by atoms with Crippen molar-refractivity contribution in [2.24, 2.45) is 5.41 Å². The predicted molar refractivity (Wildman–Crippen MR) is 146 cm³/mol. The Hall–Kier alpha value is -3.29. The van der Waals surface area contributed by atoms with Gasteiger partial charge in [0.2, 0.25) is 0 Å². The van der Waals surface area contributed by atoms with Crippen LogP contribution < -0.4 is 15.2 Å². The minimum atomic E-state index is -0.199. The second-order valence-corrected chi connectivity index (χ2v) is 11.3. The summed E-state index contributed by atoms with van der Waals surface area (Å²) in [6, 6.07) is 13.0. The molecule has 0 unspecified atom stereocenters. The number of hydrogen-bond donors (Lipinski definition) is 1. The summed E-state index contributed by atoms with van der Waals surface area (Å²) in [7, 11) is 3.93. The van der Waals surface area contributed by atoms with Gasteiger partial charge in [-0.3, -0.25) is 9.20 Å². The quantitative estimate of drug-likeness (QED) is 0.324. The van der Waals surface area contributed by atoms with Crippen molar-refractivity contribution >= 4 is 45.7 Å². The number of anilines is 1. The van der Waals surface area contributed by atoms with E-state index in [1.807, 2.05) is 55.4 Å². The Bertz CT molecular complexity index is 1450. The van der Waals surface area contributed by atoms with Crippen molar-refractivity contribution in [1.82, 2.24) is 9.38 Å². The molecule has 8 heteroatoms. The fourth-order valence-electron chi connectivity index (χ4n) is 3.54. The van der Waals surface area contributed by atoms with Crippen LogP contribution in [0.15, 0.2) is 53.5 Å². The number of benzene rings is 2. The van der Waals surface area contributed by atoms with E-state index in [4.69, 9.17) is 21.3 Å². The number of rotatable bonds is 6. The first-order valence-corrected chi connectivity index (χ1v) is 12.4. The molecule has 0 bridgehead atoms. The fraction of sp³-hybridized carbons (Fsp3) is 0.259. The lowest BCUT2D eigenvalue weighted by molar-refractivity contribution is 0.192. The summed E-state index contributed by atoms with van der Waals surface area (Å²) >= 11 is 7.44. The van der Waals surface area contributed by atoms with Crippen molar-refractivity contribution in [2.45, 2.75) is 20.8 Å². The van der Waals surface area contributed by atoms with Crippen LogP contribution in [-0.2, 0) is 0 Å². The van der Waals surface area contributed by atoms with Crippen LogP contribution >= 0.6 is 22.9 Å². The Kier molecular flexibility index (Phi) is 6.92. The third-order valence-corrected chi connectivity index (χ3v) is 6.40. The molecule has 0 spiro atoms. The molecule has 4 aromatic rings. The number of phenols is 1. The van der Waals surface area contributed by atoms with Crippen LogP contribution in [0.3, 0.4) is 0 Å². The van der Waals surface area contributed by atoms with Gasteiger partial charge in [-0.25, -0.2) is 4.98 Å². The van der Waals surface area contributed by atoms with E-state index in [0.717, 1.165) is 11.3 Å². The summed E-state index contributed by atoms with van der Waals surface area (Å²) in [4.78, 5) is 20.7. The lowest BCUT2D eigenvalue weighted by Gasteiger charge is -2.20. The minimum Gasteiger partial charge on any atom is -0.504 e. The molecule has 0 saturated carbocycles. The maximum atomic E-state index is 13.5. The number of nitrogens with zero attached hydrogens (tertiary/aromatic N) is 3. The third-order valence-electron chi connectivity index (χ3n) is 5.30. The average Bonchev–Trinajstić information content (AvgIpc) is 3.17. The third kappa shape index (κ3) is 5.52. The van der Waals surface area contributed by atoms with Crippen LogP contribution in [-0.4, -0.2) is 35.2 Å². The molecule has 0 amide bonds. The molecule has 0 saturated heterocycles. The van der Waals surface area contributed by atoms with Crippen molar-refractivity contribution in [3.8, 4) is 22.6 Å². The normalized spacial score (nSPS) is 11.9. The summed E-state index contributed by atoms with van der Waals surface area (Å²) in [6.07, 6.45) is 5.18. The highest BCUT2D eigenvalue weighted by Gasteiger charge is 2.17. The molecule has 2 heterocycles. The van der Waals surface area contributed by atoms with E-state index in [1.165, 1.54) is 15.7 Å². The molecule has 0 atom stereocenters. The Morgan fingerprint density at radius 3 is 2.51 bits per heavy atom. The Labute approximate surface area is 213 Å². The molecule has 35 heavy (non-hydrogen) atoms. The fourth-order valence-corrected chi connectivity index (χ4v) is 4.55. The highest BCUT2D eigenvalue weighted by molar-refractivity contribution is 7.20. The number of ether oxygens (including phenoxy) is 1. The average molecular weight is 510 g/mol. The lowest BCUT2D eigenvalue weighted by atomic mass is 9.98. The van der Waals surface area contributed by atoms with Gasteiger partial charge in [-0.05, 0) is 41.3 Å². The second kappa shape index (κ2) is 9.76. The van der Waals surface area contributed by atoms with Crippen LogP contribution in [0.4, 0.5) is 5.69 Å². The molecule has 0 radical (unpaired) electrons. The van der Waals surface area contributed by atoms with E-state index in [2.05, 4.69) is 20.8 Å². The van der Waals surface area contributed by atoms with E-state index in [-0.39, 0.29) is 16.7 Å². The topological polar surface area (TPSA) is 67.1 Å². The summed E-state index contributed by atoms with van der Waals surface area (Å²) < 4.78 is 7.92. The second-order valence-electron chi connectivity index (χ2n) is 9.68. The van der Waals surface area contributed by atoms with Gasteiger partial charge in [-0.1, -0.05) is 68.0 Å². The molecule has 0 aliphatic rings. The first-order valence-electron chi connectivity index (χ1n) is 11.2. The largest absolute Gasteiger partial charge is 0.504 e.